The predicted octanol–water partition coefficient (Wildman–Crippen LogP) is 2.29. The number of amides is 1. The zero-order valence-corrected chi connectivity index (χ0v) is 12.6. The van der Waals surface area contributed by atoms with Crippen molar-refractivity contribution in [3.63, 3.8) is 0 Å². The Morgan fingerprint density at radius 1 is 1.24 bits per heavy atom. The Kier molecular flexibility index (Phi) is 4.83. The van der Waals surface area contributed by atoms with E-state index in [2.05, 4.69) is 19.0 Å². The largest absolute Gasteiger partial charge is 0.409 e. The summed E-state index contributed by atoms with van der Waals surface area (Å²) in [5.74, 6) is 1.51. The van der Waals surface area contributed by atoms with Crippen molar-refractivity contribution >= 4 is 11.7 Å². The molecule has 21 heavy (non-hydrogen) atoms. The van der Waals surface area contributed by atoms with Crippen LogP contribution in [0.3, 0.4) is 0 Å². The number of amidine groups is 1. The maximum Gasteiger partial charge on any atom is 0.253 e. The minimum Gasteiger partial charge on any atom is -0.409 e. The Labute approximate surface area is 125 Å². The minimum atomic E-state index is 0.0479. The first-order valence-electron chi connectivity index (χ1n) is 7.40. The van der Waals surface area contributed by atoms with Gasteiger partial charge in [0.1, 0.15) is 0 Å². The predicted molar refractivity (Wildman–Crippen MR) is 82.4 cm³/mol. The van der Waals surface area contributed by atoms with Gasteiger partial charge < -0.3 is 15.8 Å². The Hall–Kier alpha value is -2.04. The number of rotatable bonds is 3. The zero-order valence-electron chi connectivity index (χ0n) is 12.6. The van der Waals surface area contributed by atoms with Crippen LogP contribution in [-0.4, -0.2) is 34.9 Å². The number of oxime groups is 1. The number of nitrogens with two attached hydrogens (primary N) is 1. The molecule has 0 radical (unpaired) electrons. The number of piperidine rings is 1. The van der Waals surface area contributed by atoms with E-state index in [-0.39, 0.29) is 11.7 Å². The van der Waals surface area contributed by atoms with E-state index in [0.717, 1.165) is 31.8 Å². The van der Waals surface area contributed by atoms with Gasteiger partial charge in [0.05, 0.1) is 0 Å². The van der Waals surface area contributed by atoms with Gasteiger partial charge in [0.25, 0.3) is 5.91 Å². The summed E-state index contributed by atoms with van der Waals surface area (Å²) < 4.78 is 0. The average Bonchev–Trinajstić information content (AvgIpc) is 2.53. The smallest absolute Gasteiger partial charge is 0.253 e. The number of hydrogen-bond donors (Lipinski definition) is 2. The zero-order chi connectivity index (χ0) is 15.4. The highest BCUT2D eigenvalue weighted by Crippen LogP contribution is 2.25. The van der Waals surface area contributed by atoms with Gasteiger partial charge in [-0.15, -0.1) is 0 Å². The van der Waals surface area contributed by atoms with E-state index in [1.807, 2.05) is 4.90 Å². The molecule has 5 heteroatoms. The van der Waals surface area contributed by atoms with Crippen molar-refractivity contribution in [2.24, 2.45) is 22.7 Å². The molecule has 0 aliphatic carbocycles. The standard InChI is InChI=1S/C16H23N3O2/c1-11(2)12-7-9-19(10-8-12)16(20)14-5-3-13(4-6-14)15(17)18-21/h3-6,11-12,21H,7-10H2,1-2H3,(H2,17,18). The van der Waals surface area contributed by atoms with Gasteiger partial charge in [-0.1, -0.05) is 31.1 Å². The molecule has 0 spiro atoms. The molecule has 114 valence electrons. The maximum atomic E-state index is 12.4. The van der Waals surface area contributed by atoms with Crippen LogP contribution in [0.4, 0.5) is 0 Å². The van der Waals surface area contributed by atoms with E-state index >= 15 is 0 Å². The van der Waals surface area contributed by atoms with Gasteiger partial charge in [-0.25, -0.2) is 0 Å². The molecular weight excluding hydrogens is 266 g/mol. The lowest BCUT2D eigenvalue weighted by molar-refractivity contribution is 0.0667. The third-order valence-electron chi connectivity index (χ3n) is 4.30. The van der Waals surface area contributed by atoms with Gasteiger partial charge in [0.2, 0.25) is 0 Å². The van der Waals surface area contributed by atoms with Crippen molar-refractivity contribution in [3.8, 4) is 0 Å². The molecule has 3 N–H and O–H groups in total. The summed E-state index contributed by atoms with van der Waals surface area (Å²) in [5, 5.41) is 11.6. The van der Waals surface area contributed by atoms with Gasteiger partial charge >= 0.3 is 0 Å². The van der Waals surface area contributed by atoms with Crippen molar-refractivity contribution in [1.82, 2.24) is 4.90 Å². The van der Waals surface area contributed by atoms with Crippen LogP contribution in [0.15, 0.2) is 29.4 Å². The summed E-state index contributed by atoms with van der Waals surface area (Å²) in [6.07, 6.45) is 2.15. The number of carbonyl (C=O) groups excluding carboxylic acids is 1. The van der Waals surface area contributed by atoms with Gasteiger partial charge in [0.15, 0.2) is 5.84 Å². The van der Waals surface area contributed by atoms with Crippen LogP contribution in [-0.2, 0) is 0 Å². The molecule has 1 aliphatic rings. The Balaban J connectivity index is 2.01. The van der Waals surface area contributed by atoms with Crippen molar-refractivity contribution in [1.29, 1.82) is 0 Å². The van der Waals surface area contributed by atoms with E-state index < -0.39 is 0 Å². The molecule has 1 aromatic carbocycles. The highest BCUT2D eigenvalue weighted by Gasteiger charge is 2.25. The fourth-order valence-electron chi connectivity index (χ4n) is 2.79. The molecule has 0 saturated carbocycles. The van der Waals surface area contributed by atoms with Crippen LogP contribution in [0.1, 0.15) is 42.6 Å². The van der Waals surface area contributed by atoms with Crippen LogP contribution < -0.4 is 5.73 Å². The number of benzene rings is 1. The molecule has 1 amide bonds. The quantitative estimate of drug-likeness (QED) is 0.388. The topological polar surface area (TPSA) is 78.9 Å². The lowest BCUT2D eigenvalue weighted by atomic mass is 9.86. The summed E-state index contributed by atoms with van der Waals surface area (Å²) in [5.41, 5.74) is 6.76. The van der Waals surface area contributed by atoms with Gasteiger partial charge in [-0.2, -0.15) is 0 Å². The molecule has 5 nitrogen and oxygen atoms in total. The fourth-order valence-corrected chi connectivity index (χ4v) is 2.79. The maximum absolute atomic E-state index is 12.4. The van der Waals surface area contributed by atoms with E-state index in [4.69, 9.17) is 10.9 Å². The number of hydrogen-bond acceptors (Lipinski definition) is 3. The van der Waals surface area contributed by atoms with E-state index in [1.54, 1.807) is 24.3 Å². The second kappa shape index (κ2) is 6.61. The third kappa shape index (κ3) is 3.54. The van der Waals surface area contributed by atoms with E-state index in [1.165, 1.54) is 0 Å². The van der Waals surface area contributed by atoms with Crippen molar-refractivity contribution in [2.45, 2.75) is 26.7 Å². The lowest BCUT2D eigenvalue weighted by Crippen LogP contribution is -2.39. The highest BCUT2D eigenvalue weighted by atomic mass is 16.4. The third-order valence-corrected chi connectivity index (χ3v) is 4.30. The number of nitrogens with zero attached hydrogens (tertiary/aromatic N) is 2. The molecule has 1 heterocycles. The summed E-state index contributed by atoms with van der Waals surface area (Å²) in [6, 6.07) is 6.85. The normalized spacial score (nSPS) is 17.3. The molecule has 0 aromatic heterocycles. The van der Waals surface area contributed by atoms with Crippen molar-refractivity contribution in [3.05, 3.63) is 35.4 Å². The van der Waals surface area contributed by atoms with Crippen LogP contribution in [0.5, 0.6) is 0 Å². The highest BCUT2D eigenvalue weighted by molar-refractivity contribution is 5.99. The van der Waals surface area contributed by atoms with Crippen molar-refractivity contribution < 1.29 is 10.0 Å². The van der Waals surface area contributed by atoms with Crippen LogP contribution in [0, 0.1) is 11.8 Å². The van der Waals surface area contributed by atoms with Crippen LogP contribution in [0.2, 0.25) is 0 Å². The van der Waals surface area contributed by atoms with E-state index in [9.17, 15) is 4.79 Å². The van der Waals surface area contributed by atoms with Crippen LogP contribution >= 0.6 is 0 Å². The second-order valence-corrected chi connectivity index (χ2v) is 5.94. The number of carbonyl (C=O) groups is 1. The van der Waals surface area contributed by atoms with Crippen LogP contribution in [0.25, 0.3) is 0 Å². The first-order chi connectivity index (χ1) is 10.0. The fraction of sp³-hybridized carbons (Fsp3) is 0.500. The molecule has 0 bridgehead atoms. The molecule has 1 fully saturated rings. The van der Waals surface area contributed by atoms with Gasteiger partial charge in [0, 0.05) is 24.2 Å². The molecule has 0 unspecified atom stereocenters. The number of likely N-dealkylation sites (tertiary alicyclic amines) is 1. The Morgan fingerprint density at radius 3 is 2.24 bits per heavy atom. The SMILES string of the molecule is CC(C)C1CCN(C(=O)c2ccc(/C(N)=N/O)cc2)CC1. The summed E-state index contributed by atoms with van der Waals surface area (Å²) in [6.45, 7) is 6.13. The first kappa shape index (κ1) is 15.4. The Bertz CT molecular complexity index is 515. The molecule has 1 aromatic rings. The Morgan fingerprint density at radius 2 is 1.76 bits per heavy atom. The first-order valence-corrected chi connectivity index (χ1v) is 7.40. The van der Waals surface area contributed by atoms with Gasteiger partial charge in [-0.05, 0) is 36.8 Å². The second-order valence-electron chi connectivity index (χ2n) is 5.94. The van der Waals surface area contributed by atoms with Crippen molar-refractivity contribution in [2.75, 3.05) is 13.1 Å². The summed E-state index contributed by atoms with van der Waals surface area (Å²) in [4.78, 5) is 14.4. The molecule has 1 saturated heterocycles. The molecular formula is C16H23N3O2. The van der Waals surface area contributed by atoms with Gasteiger partial charge in [-0.3, -0.25) is 4.79 Å². The molecule has 0 atom stereocenters. The average molecular weight is 289 g/mol. The summed E-state index contributed by atoms with van der Waals surface area (Å²) >= 11 is 0. The minimum absolute atomic E-state index is 0.0479. The molecule has 2 rings (SSSR count). The van der Waals surface area contributed by atoms with E-state index in [0.29, 0.717) is 17.0 Å². The summed E-state index contributed by atoms with van der Waals surface area (Å²) in [7, 11) is 0. The monoisotopic (exact) mass is 289 g/mol. The molecule has 1 aliphatic heterocycles. The lowest BCUT2D eigenvalue weighted by Gasteiger charge is -2.34.